The van der Waals surface area contributed by atoms with Gasteiger partial charge in [-0.2, -0.15) is 0 Å². The van der Waals surface area contributed by atoms with E-state index in [-0.39, 0.29) is 11.8 Å². The molecule has 0 saturated carbocycles. The molecule has 1 saturated heterocycles. The van der Waals surface area contributed by atoms with Crippen LogP contribution in [0.5, 0.6) is 5.75 Å². The van der Waals surface area contributed by atoms with Gasteiger partial charge < -0.3 is 19.5 Å². The first-order chi connectivity index (χ1) is 13.6. The van der Waals surface area contributed by atoms with Crippen molar-refractivity contribution in [2.45, 2.75) is 19.4 Å². The van der Waals surface area contributed by atoms with Crippen molar-refractivity contribution in [2.75, 3.05) is 18.6 Å². The Balaban J connectivity index is 1.78. The van der Waals surface area contributed by atoms with E-state index in [1.54, 1.807) is 24.4 Å². The highest BCUT2D eigenvalue weighted by Crippen LogP contribution is 2.37. The summed E-state index contributed by atoms with van der Waals surface area (Å²) in [7, 11) is 3.45. The molecule has 28 heavy (non-hydrogen) atoms. The molecule has 7 nitrogen and oxygen atoms in total. The zero-order valence-corrected chi connectivity index (χ0v) is 15.9. The van der Waals surface area contributed by atoms with Gasteiger partial charge in [-0.3, -0.25) is 14.6 Å². The Bertz CT molecular complexity index is 1040. The third-order valence-corrected chi connectivity index (χ3v) is 5.11. The van der Waals surface area contributed by atoms with Gasteiger partial charge in [0.1, 0.15) is 11.4 Å². The number of aryl methyl sites for hydroxylation is 1. The van der Waals surface area contributed by atoms with E-state index in [0.29, 0.717) is 36.6 Å². The number of rotatable bonds is 5. The second kappa shape index (κ2) is 7.34. The van der Waals surface area contributed by atoms with Crippen molar-refractivity contribution in [1.29, 1.82) is 0 Å². The van der Waals surface area contributed by atoms with Crippen LogP contribution in [-0.2, 0) is 18.4 Å². The third kappa shape index (κ3) is 3.09. The van der Waals surface area contributed by atoms with Crippen molar-refractivity contribution in [3.63, 3.8) is 0 Å². The minimum absolute atomic E-state index is 0.0385. The molecule has 0 aliphatic carbocycles. The predicted octanol–water partition coefficient (Wildman–Crippen LogP) is 2.64. The number of hydrogen-bond acceptors (Lipinski definition) is 4. The molecule has 0 spiro atoms. The van der Waals surface area contributed by atoms with Crippen LogP contribution in [0.2, 0.25) is 0 Å². The van der Waals surface area contributed by atoms with E-state index < -0.39 is 0 Å². The summed E-state index contributed by atoms with van der Waals surface area (Å²) in [4.78, 5) is 31.4. The van der Waals surface area contributed by atoms with Gasteiger partial charge in [-0.15, -0.1) is 0 Å². The van der Waals surface area contributed by atoms with Crippen molar-refractivity contribution in [2.24, 2.45) is 7.05 Å². The highest BCUT2D eigenvalue weighted by atomic mass is 16.5. The summed E-state index contributed by atoms with van der Waals surface area (Å²) in [6.07, 6.45) is 4.70. The summed E-state index contributed by atoms with van der Waals surface area (Å²) in [5.41, 5.74) is 2.92. The van der Waals surface area contributed by atoms with Gasteiger partial charge in [0.25, 0.3) is 5.91 Å². The number of hydrogen-bond donors (Lipinski definition) is 1. The van der Waals surface area contributed by atoms with Gasteiger partial charge in [0.15, 0.2) is 0 Å². The molecule has 0 atom stereocenters. The maximum absolute atomic E-state index is 13.1. The van der Waals surface area contributed by atoms with E-state index in [0.717, 1.165) is 22.9 Å². The summed E-state index contributed by atoms with van der Waals surface area (Å²) in [6, 6.07) is 9.39. The number of carbonyl (C=O) groups excluding carboxylic acids is 2. The Morgan fingerprint density at radius 3 is 2.86 bits per heavy atom. The molecule has 1 aromatic carbocycles. The molecule has 0 radical (unpaired) electrons. The van der Waals surface area contributed by atoms with Crippen molar-refractivity contribution < 1.29 is 14.3 Å². The normalized spacial score (nSPS) is 13.9. The van der Waals surface area contributed by atoms with Crippen LogP contribution in [0.1, 0.15) is 28.9 Å². The summed E-state index contributed by atoms with van der Waals surface area (Å²) >= 11 is 0. The van der Waals surface area contributed by atoms with E-state index in [9.17, 15) is 9.59 Å². The first-order valence-corrected chi connectivity index (χ1v) is 9.24. The van der Waals surface area contributed by atoms with Gasteiger partial charge in [-0.1, -0.05) is 6.07 Å². The summed E-state index contributed by atoms with van der Waals surface area (Å²) in [5.74, 6) is 0.501. The number of methoxy groups -OCH3 is 1. The largest absolute Gasteiger partial charge is 0.497 e. The molecule has 0 bridgehead atoms. The van der Waals surface area contributed by atoms with Gasteiger partial charge in [-0.05, 0) is 36.2 Å². The number of pyridine rings is 1. The highest BCUT2D eigenvalue weighted by Gasteiger charge is 2.31. The second-order valence-corrected chi connectivity index (χ2v) is 6.83. The van der Waals surface area contributed by atoms with Crippen LogP contribution in [0.15, 0.2) is 42.7 Å². The quantitative estimate of drug-likeness (QED) is 0.741. The van der Waals surface area contributed by atoms with Crippen LogP contribution in [0.3, 0.4) is 0 Å². The number of nitrogens with zero attached hydrogens (tertiary/aromatic N) is 3. The lowest BCUT2D eigenvalue weighted by Gasteiger charge is -2.18. The van der Waals surface area contributed by atoms with E-state index >= 15 is 0 Å². The number of benzene rings is 1. The Kier molecular flexibility index (Phi) is 4.73. The Labute approximate surface area is 162 Å². The maximum atomic E-state index is 13.1. The van der Waals surface area contributed by atoms with Crippen LogP contribution < -0.4 is 15.0 Å². The molecule has 0 unspecified atom stereocenters. The van der Waals surface area contributed by atoms with Crippen molar-refractivity contribution >= 4 is 28.4 Å². The average Bonchev–Trinajstić information content (AvgIpc) is 3.27. The first kappa shape index (κ1) is 18.0. The van der Waals surface area contributed by atoms with Crippen LogP contribution in [0, 0.1) is 0 Å². The lowest BCUT2D eigenvalue weighted by molar-refractivity contribution is -0.117. The molecule has 1 fully saturated rings. The Morgan fingerprint density at radius 2 is 2.18 bits per heavy atom. The van der Waals surface area contributed by atoms with Crippen LogP contribution in [0.4, 0.5) is 5.69 Å². The zero-order chi connectivity index (χ0) is 19.7. The molecule has 144 valence electrons. The van der Waals surface area contributed by atoms with Crippen LogP contribution in [0.25, 0.3) is 10.9 Å². The fourth-order valence-corrected chi connectivity index (χ4v) is 3.72. The van der Waals surface area contributed by atoms with Crippen molar-refractivity contribution in [3.05, 3.63) is 54.0 Å². The summed E-state index contributed by atoms with van der Waals surface area (Å²) in [5, 5.41) is 3.79. The molecule has 3 heterocycles. The molecule has 2 amide bonds. The van der Waals surface area contributed by atoms with E-state index in [2.05, 4.69) is 10.3 Å². The SMILES string of the molecule is COc1ccc2c(c1)c(N1CCCC1=O)c(C(=O)NCc1cccnc1)n2C. The molecule has 3 aromatic rings. The molecular formula is C21H22N4O3. The molecule has 7 heteroatoms. The number of fused-ring (bicyclic) bond motifs is 1. The lowest BCUT2D eigenvalue weighted by Crippen LogP contribution is -2.30. The average molecular weight is 378 g/mol. The van der Waals surface area contributed by atoms with Crippen LogP contribution >= 0.6 is 0 Å². The standard InChI is InChI=1S/C21H22N4O3/c1-24-17-8-7-15(28-2)11-16(17)19(25-10-4-6-18(25)26)20(24)21(27)23-13-14-5-3-9-22-12-14/h3,5,7-9,11-12H,4,6,10,13H2,1-2H3,(H,23,27). The summed E-state index contributed by atoms with van der Waals surface area (Å²) < 4.78 is 7.20. The van der Waals surface area contributed by atoms with E-state index in [4.69, 9.17) is 4.74 Å². The minimum Gasteiger partial charge on any atom is -0.497 e. The first-order valence-electron chi connectivity index (χ1n) is 9.24. The second-order valence-electron chi connectivity index (χ2n) is 6.83. The van der Waals surface area contributed by atoms with Crippen molar-refractivity contribution in [3.8, 4) is 5.75 Å². The van der Waals surface area contributed by atoms with Gasteiger partial charge in [0.05, 0.1) is 18.3 Å². The lowest BCUT2D eigenvalue weighted by atomic mass is 10.2. The maximum Gasteiger partial charge on any atom is 0.270 e. The van der Waals surface area contributed by atoms with Gasteiger partial charge in [0.2, 0.25) is 5.91 Å². The van der Waals surface area contributed by atoms with E-state index in [1.807, 2.05) is 41.9 Å². The minimum atomic E-state index is -0.226. The number of ether oxygens (including phenoxy) is 1. The molecule has 1 aliphatic rings. The monoisotopic (exact) mass is 378 g/mol. The predicted molar refractivity (Wildman–Crippen MR) is 106 cm³/mol. The Morgan fingerprint density at radius 1 is 1.32 bits per heavy atom. The van der Waals surface area contributed by atoms with Gasteiger partial charge >= 0.3 is 0 Å². The third-order valence-electron chi connectivity index (χ3n) is 5.11. The molecule has 2 aromatic heterocycles. The van der Waals surface area contributed by atoms with Gasteiger partial charge in [0, 0.05) is 44.3 Å². The smallest absolute Gasteiger partial charge is 0.270 e. The van der Waals surface area contributed by atoms with Crippen molar-refractivity contribution in [1.82, 2.24) is 14.9 Å². The van der Waals surface area contributed by atoms with Crippen LogP contribution in [-0.4, -0.2) is 35.0 Å². The number of carbonyl (C=O) groups is 2. The molecule has 1 aliphatic heterocycles. The highest BCUT2D eigenvalue weighted by molar-refractivity contribution is 6.14. The fourth-order valence-electron chi connectivity index (χ4n) is 3.72. The Hall–Kier alpha value is -3.35. The zero-order valence-electron chi connectivity index (χ0n) is 15.9. The van der Waals surface area contributed by atoms with Gasteiger partial charge in [-0.25, -0.2) is 0 Å². The fraction of sp³-hybridized carbons (Fsp3) is 0.286. The molecule has 4 rings (SSSR count). The number of amides is 2. The van der Waals surface area contributed by atoms with E-state index in [1.165, 1.54) is 0 Å². The number of nitrogens with one attached hydrogen (secondary N) is 1. The molecular weight excluding hydrogens is 356 g/mol. The molecule has 1 N–H and O–H groups in total. The summed E-state index contributed by atoms with van der Waals surface area (Å²) in [6.45, 7) is 0.975. The topological polar surface area (TPSA) is 76.5 Å². The number of anilines is 1. The number of aromatic nitrogens is 2.